The van der Waals surface area contributed by atoms with Crippen molar-refractivity contribution < 1.29 is 13.2 Å². The van der Waals surface area contributed by atoms with Gasteiger partial charge in [-0.05, 0) is 61.2 Å². The minimum Gasteiger partial charge on any atom is -0.372 e. The lowest BCUT2D eigenvalue weighted by Gasteiger charge is -2.22. The molecule has 0 radical (unpaired) electrons. The lowest BCUT2D eigenvalue weighted by atomic mass is 10.1. The summed E-state index contributed by atoms with van der Waals surface area (Å²) in [7, 11) is -3.45. The molecule has 2 aromatic carbocycles. The van der Waals surface area contributed by atoms with Gasteiger partial charge in [0.15, 0.2) is 0 Å². The number of nitrogens with zero attached hydrogens (tertiary/aromatic N) is 2. The van der Waals surface area contributed by atoms with E-state index in [2.05, 4.69) is 22.3 Å². The standard InChI is InChI=1S/C25H35N3O3S/c1-3-28(4-2)32(30,31)24-16-9-21(10-17-24)11-18-25(29)26-22-12-14-23(15-13-22)27-19-7-5-6-8-20-27/h9-10,12-17H,3-8,11,18-20H2,1-2H3,(H,26,29). The number of rotatable bonds is 9. The van der Waals surface area contributed by atoms with Crippen molar-refractivity contribution in [3.63, 3.8) is 0 Å². The summed E-state index contributed by atoms with van der Waals surface area (Å²) >= 11 is 0. The van der Waals surface area contributed by atoms with E-state index in [-0.39, 0.29) is 5.91 Å². The van der Waals surface area contributed by atoms with Gasteiger partial charge in [0.1, 0.15) is 0 Å². The van der Waals surface area contributed by atoms with Gasteiger partial charge in [-0.1, -0.05) is 38.8 Å². The number of nitrogens with one attached hydrogen (secondary N) is 1. The molecule has 0 saturated carbocycles. The minimum absolute atomic E-state index is 0.0487. The molecule has 0 unspecified atom stereocenters. The maximum absolute atomic E-state index is 12.6. The number of benzene rings is 2. The van der Waals surface area contributed by atoms with E-state index in [1.165, 1.54) is 35.7 Å². The van der Waals surface area contributed by atoms with Gasteiger partial charge in [0.2, 0.25) is 15.9 Å². The normalized spacial score (nSPS) is 14.9. The Hall–Kier alpha value is -2.38. The summed E-state index contributed by atoms with van der Waals surface area (Å²) in [6.07, 6.45) is 5.99. The molecule has 1 aliphatic rings. The Balaban J connectivity index is 1.51. The van der Waals surface area contributed by atoms with E-state index in [0.29, 0.717) is 30.8 Å². The van der Waals surface area contributed by atoms with E-state index in [1.807, 2.05) is 26.0 Å². The fourth-order valence-electron chi connectivity index (χ4n) is 4.11. The van der Waals surface area contributed by atoms with Crippen LogP contribution < -0.4 is 10.2 Å². The first kappa shape index (κ1) is 24.3. The van der Waals surface area contributed by atoms with Gasteiger partial charge >= 0.3 is 0 Å². The van der Waals surface area contributed by atoms with E-state index >= 15 is 0 Å². The lowest BCUT2D eigenvalue weighted by Crippen LogP contribution is -2.30. The summed E-state index contributed by atoms with van der Waals surface area (Å²) in [6.45, 7) is 6.74. The highest BCUT2D eigenvalue weighted by atomic mass is 32.2. The SMILES string of the molecule is CCN(CC)S(=O)(=O)c1ccc(CCC(=O)Nc2ccc(N3CCCCCC3)cc2)cc1. The molecule has 1 N–H and O–H groups in total. The molecule has 32 heavy (non-hydrogen) atoms. The second-order valence-electron chi connectivity index (χ2n) is 8.23. The van der Waals surface area contributed by atoms with E-state index in [0.717, 1.165) is 24.3 Å². The zero-order valence-corrected chi connectivity index (χ0v) is 20.0. The molecule has 3 rings (SSSR count). The van der Waals surface area contributed by atoms with Crippen LogP contribution in [0, 0.1) is 0 Å². The van der Waals surface area contributed by atoms with E-state index in [4.69, 9.17) is 0 Å². The Morgan fingerprint density at radius 1 is 0.906 bits per heavy atom. The topological polar surface area (TPSA) is 69.7 Å². The molecular weight excluding hydrogens is 422 g/mol. The molecule has 6 nitrogen and oxygen atoms in total. The van der Waals surface area contributed by atoms with Gasteiger partial charge in [0.25, 0.3) is 0 Å². The Bertz CT molecular complexity index is 960. The predicted octanol–water partition coefficient (Wildman–Crippen LogP) is 4.67. The second kappa shape index (κ2) is 11.5. The third-order valence-corrected chi connectivity index (χ3v) is 8.09. The van der Waals surface area contributed by atoms with Crippen LogP contribution in [-0.4, -0.2) is 44.8 Å². The van der Waals surface area contributed by atoms with Crippen molar-refractivity contribution in [1.82, 2.24) is 4.31 Å². The fraction of sp³-hybridized carbons (Fsp3) is 0.480. The smallest absolute Gasteiger partial charge is 0.243 e. The Morgan fingerprint density at radius 2 is 1.50 bits per heavy atom. The second-order valence-corrected chi connectivity index (χ2v) is 10.2. The number of aryl methyl sites for hydroxylation is 1. The molecule has 1 saturated heterocycles. The van der Waals surface area contributed by atoms with Crippen LogP contribution in [0.15, 0.2) is 53.4 Å². The lowest BCUT2D eigenvalue weighted by molar-refractivity contribution is -0.116. The Kier molecular flexibility index (Phi) is 8.70. The van der Waals surface area contributed by atoms with Crippen LogP contribution in [0.1, 0.15) is 51.5 Å². The van der Waals surface area contributed by atoms with Gasteiger partial charge in [0, 0.05) is 44.0 Å². The van der Waals surface area contributed by atoms with Crippen molar-refractivity contribution in [1.29, 1.82) is 0 Å². The molecule has 7 heteroatoms. The number of hydrogen-bond donors (Lipinski definition) is 1. The van der Waals surface area contributed by atoms with Crippen LogP contribution in [0.25, 0.3) is 0 Å². The first-order valence-corrected chi connectivity index (χ1v) is 13.1. The van der Waals surface area contributed by atoms with Crippen LogP contribution >= 0.6 is 0 Å². The van der Waals surface area contributed by atoms with E-state index in [1.54, 1.807) is 24.3 Å². The number of carbonyl (C=O) groups is 1. The number of hydrogen-bond acceptors (Lipinski definition) is 4. The molecule has 2 aromatic rings. The molecule has 1 heterocycles. The zero-order chi connectivity index (χ0) is 23.0. The molecule has 1 amide bonds. The van der Waals surface area contributed by atoms with Gasteiger partial charge in [-0.3, -0.25) is 4.79 Å². The third kappa shape index (κ3) is 6.33. The van der Waals surface area contributed by atoms with Crippen molar-refractivity contribution in [2.24, 2.45) is 0 Å². The van der Waals surface area contributed by atoms with Crippen molar-refractivity contribution in [2.45, 2.75) is 57.3 Å². The van der Waals surface area contributed by atoms with E-state index < -0.39 is 10.0 Å². The molecule has 1 fully saturated rings. The van der Waals surface area contributed by atoms with E-state index in [9.17, 15) is 13.2 Å². The summed E-state index contributed by atoms with van der Waals surface area (Å²) in [5.41, 5.74) is 2.95. The molecule has 174 valence electrons. The van der Waals surface area contributed by atoms with Gasteiger partial charge in [-0.25, -0.2) is 8.42 Å². The molecule has 1 aliphatic heterocycles. The minimum atomic E-state index is -3.45. The van der Waals surface area contributed by atoms with Crippen molar-refractivity contribution in [3.05, 3.63) is 54.1 Å². The quantitative estimate of drug-likeness (QED) is 0.594. The summed E-state index contributed by atoms with van der Waals surface area (Å²) in [5, 5.41) is 2.96. The predicted molar refractivity (Wildman–Crippen MR) is 131 cm³/mol. The number of sulfonamides is 1. The van der Waals surface area contributed by atoms with Crippen LogP contribution in [0.4, 0.5) is 11.4 Å². The molecule has 0 bridgehead atoms. The van der Waals surface area contributed by atoms with Gasteiger partial charge in [0.05, 0.1) is 4.90 Å². The average Bonchev–Trinajstić information content (AvgIpc) is 3.09. The Labute approximate surface area is 192 Å². The van der Waals surface area contributed by atoms with Crippen molar-refractivity contribution >= 4 is 27.3 Å². The van der Waals surface area contributed by atoms with Gasteiger partial charge < -0.3 is 10.2 Å². The molecular formula is C25H35N3O3S. The van der Waals surface area contributed by atoms with Crippen molar-refractivity contribution in [2.75, 3.05) is 36.4 Å². The monoisotopic (exact) mass is 457 g/mol. The third-order valence-electron chi connectivity index (χ3n) is 6.03. The highest BCUT2D eigenvalue weighted by Gasteiger charge is 2.21. The maximum Gasteiger partial charge on any atom is 0.243 e. The van der Waals surface area contributed by atoms with Crippen LogP contribution in [0.2, 0.25) is 0 Å². The summed E-state index contributed by atoms with van der Waals surface area (Å²) in [6, 6.07) is 14.9. The highest BCUT2D eigenvalue weighted by molar-refractivity contribution is 7.89. The van der Waals surface area contributed by atoms with Crippen LogP contribution in [0.5, 0.6) is 0 Å². The molecule has 0 aromatic heterocycles. The van der Waals surface area contributed by atoms with Crippen LogP contribution in [-0.2, 0) is 21.2 Å². The van der Waals surface area contributed by atoms with Gasteiger partial charge in [-0.15, -0.1) is 0 Å². The largest absolute Gasteiger partial charge is 0.372 e. The molecule has 0 aliphatic carbocycles. The first-order valence-electron chi connectivity index (χ1n) is 11.7. The van der Waals surface area contributed by atoms with Crippen molar-refractivity contribution in [3.8, 4) is 0 Å². The zero-order valence-electron chi connectivity index (χ0n) is 19.2. The highest BCUT2D eigenvalue weighted by Crippen LogP contribution is 2.22. The fourth-order valence-corrected chi connectivity index (χ4v) is 5.56. The van der Waals surface area contributed by atoms with Crippen LogP contribution in [0.3, 0.4) is 0 Å². The summed E-state index contributed by atoms with van der Waals surface area (Å²) in [4.78, 5) is 15.1. The number of anilines is 2. The first-order chi connectivity index (χ1) is 15.4. The summed E-state index contributed by atoms with van der Waals surface area (Å²) in [5.74, 6) is -0.0487. The maximum atomic E-state index is 12.6. The molecule has 0 spiro atoms. The Morgan fingerprint density at radius 3 is 2.06 bits per heavy atom. The number of carbonyl (C=O) groups excluding carboxylic acids is 1. The average molecular weight is 458 g/mol. The molecule has 0 atom stereocenters. The summed E-state index contributed by atoms with van der Waals surface area (Å²) < 4.78 is 26.6. The number of amides is 1. The van der Waals surface area contributed by atoms with Gasteiger partial charge in [-0.2, -0.15) is 4.31 Å².